The minimum absolute atomic E-state index is 0.0737. The lowest BCUT2D eigenvalue weighted by Gasteiger charge is -2.22. The minimum Gasteiger partial charge on any atom is -0.495 e. The number of imidazole rings is 1. The summed E-state index contributed by atoms with van der Waals surface area (Å²) in [5.41, 5.74) is 0.678. The van der Waals surface area contributed by atoms with Gasteiger partial charge in [0.25, 0.3) is 0 Å². The number of para-hydroxylation sites is 2. The smallest absolute Gasteiger partial charge is 0.238 e. The fraction of sp³-hybridized carbons (Fsp3) is 0.412. The van der Waals surface area contributed by atoms with Crippen molar-refractivity contribution in [2.24, 2.45) is 7.05 Å². The van der Waals surface area contributed by atoms with Gasteiger partial charge in [-0.3, -0.25) is 9.69 Å². The maximum absolute atomic E-state index is 12.4. The predicted molar refractivity (Wildman–Crippen MR) is 97.7 cm³/mol. The number of hydrogen-bond donors (Lipinski definition) is 1. The molecule has 0 radical (unpaired) electrons. The maximum Gasteiger partial charge on any atom is 0.238 e. The number of nitrogens with zero attached hydrogens (tertiary/aromatic N) is 3. The molecule has 2 rings (SSSR count). The van der Waals surface area contributed by atoms with E-state index in [1.807, 2.05) is 52.8 Å². The third-order valence-electron chi connectivity index (χ3n) is 3.66. The molecule has 0 saturated heterocycles. The molecule has 1 aromatic heterocycles. The van der Waals surface area contributed by atoms with Gasteiger partial charge in [0.15, 0.2) is 4.77 Å². The second-order valence-corrected chi connectivity index (χ2v) is 5.97. The van der Waals surface area contributed by atoms with Crippen molar-refractivity contribution in [2.75, 3.05) is 25.5 Å². The molecule has 0 bridgehead atoms. The topological polar surface area (TPSA) is 51.4 Å². The van der Waals surface area contributed by atoms with E-state index in [0.29, 0.717) is 24.7 Å². The third kappa shape index (κ3) is 4.69. The van der Waals surface area contributed by atoms with Crippen molar-refractivity contribution in [3.8, 4) is 5.75 Å². The van der Waals surface area contributed by atoms with E-state index in [-0.39, 0.29) is 5.91 Å². The summed E-state index contributed by atoms with van der Waals surface area (Å²) in [4.78, 5) is 14.5. The van der Waals surface area contributed by atoms with Crippen molar-refractivity contribution in [1.29, 1.82) is 0 Å². The summed E-state index contributed by atoms with van der Waals surface area (Å²) in [6.45, 7) is 3.79. The molecule has 0 atom stereocenters. The van der Waals surface area contributed by atoms with Crippen LogP contribution in [0.1, 0.15) is 13.3 Å². The fourth-order valence-corrected chi connectivity index (χ4v) is 2.67. The average Bonchev–Trinajstić information content (AvgIpc) is 2.87. The van der Waals surface area contributed by atoms with Gasteiger partial charge in [-0.05, 0) is 30.8 Å². The molecule has 0 aliphatic carbocycles. The number of carbonyl (C=O) groups excluding carboxylic acids is 1. The van der Waals surface area contributed by atoms with Crippen molar-refractivity contribution >= 4 is 23.8 Å². The summed E-state index contributed by atoms with van der Waals surface area (Å²) in [7, 11) is 3.50. The molecule has 0 fully saturated rings. The number of rotatable bonds is 8. The van der Waals surface area contributed by atoms with Crippen LogP contribution in [0.2, 0.25) is 0 Å². The molecule has 1 heterocycles. The highest BCUT2D eigenvalue weighted by molar-refractivity contribution is 7.71. The molecule has 0 unspecified atom stereocenters. The van der Waals surface area contributed by atoms with Crippen LogP contribution in [0.4, 0.5) is 5.69 Å². The zero-order valence-electron chi connectivity index (χ0n) is 14.4. The number of methoxy groups -OCH3 is 1. The molecular weight excluding hydrogens is 324 g/mol. The highest BCUT2D eigenvalue weighted by atomic mass is 32.1. The zero-order valence-corrected chi connectivity index (χ0v) is 15.2. The number of carbonyl (C=O) groups is 1. The lowest BCUT2D eigenvalue weighted by atomic mass is 10.3. The highest BCUT2D eigenvalue weighted by Crippen LogP contribution is 2.22. The van der Waals surface area contributed by atoms with Crippen LogP contribution in [0.5, 0.6) is 5.75 Å². The predicted octanol–water partition coefficient (Wildman–Crippen LogP) is 2.87. The summed E-state index contributed by atoms with van der Waals surface area (Å²) >= 11 is 5.36. The molecule has 0 spiro atoms. The molecule has 0 aliphatic rings. The number of anilines is 1. The van der Waals surface area contributed by atoms with Crippen LogP contribution in [0.25, 0.3) is 0 Å². The quantitative estimate of drug-likeness (QED) is 0.746. The Hall–Kier alpha value is -2.12. The third-order valence-corrected chi connectivity index (χ3v) is 4.18. The number of hydrogen-bond acceptors (Lipinski definition) is 4. The zero-order chi connectivity index (χ0) is 17.5. The monoisotopic (exact) mass is 348 g/mol. The van der Waals surface area contributed by atoms with Crippen LogP contribution in [0.15, 0.2) is 36.7 Å². The Labute approximate surface area is 147 Å². The molecular formula is C17H24N4O2S. The molecule has 1 amide bonds. The van der Waals surface area contributed by atoms with E-state index in [0.717, 1.165) is 17.7 Å². The van der Waals surface area contributed by atoms with E-state index in [4.69, 9.17) is 17.0 Å². The molecule has 0 saturated carbocycles. The average molecular weight is 348 g/mol. The van der Waals surface area contributed by atoms with Crippen LogP contribution >= 0.6 is 12.2 Å². The lowest BCUT2D eigenvalue weighted by Crippen LogP contribution is -2.35. The maximum atomic E-state index is 12.4. The summed E-state index contributed by atoms with van der Waals surface area (Å²) in [5.74, 6) is 0.577. The van der Waals surface area contributed by atoms with Crippen LogP contribution in [-0.4, -0.2) is 40.1 Å². The Morgan fingerprint density at radius 1 is 1.33 bits per heavy atom. The molecule has 1 aromatic carbocycles. The van der Waals surface area contributed by atoms with E-state index in [1.165, 1.54) is 0 Å². The van der Waals surface area contributed by atoms with Crippen LogP contribution in [0, 0.1) is 4.77 Å². The molecule has 24 heavy (non-hydrogen) atoms. The van der Waals surface area contributed by atoms with Gasteiger partial charge < -0.3 is 19.2 Å². The molecule has 2 aromatic rings. The van der Waals surface area contributed by atoms with Crippen LogP contribution < -0.4 is 10.1 Å². The summed E-state index contributed by atoms with van der Waals surface area (Å²) in [6, 6.07) is 7.39. The van der Waals surface area contributed by atoms with Crippen molar-refractivity contribution in [2.45, 2.75) is 20.0 Å². The van der Waals surface area contributed by atoms with Crippen molar-refractivity contribution in [3.05, 3.63) is 41.4 Å². The van der Waals surface area contributed by atoms with Gasteiger partial charge in [0.05, 0.1) is 26.0 Å². The second-order valence-electron chi connectivity index (χ2n) is 5.60. The molecule has 1 N–H and O–H groups in total. The van der Waals surface area contributed by atoms with Crippen LogP contribution in [0.3, 0.4) is 0 Å². The second kappa shape index (κ2) is 8.65. The number of ether oxygens (including phenoxy) is 1. The summed E-state index contributed by atoms with van der Waals surface area (Å²) in [6.07, 6.45) is 4.81. The van der Waals surface area contributed by atoms with Gasteiger partial charge in [-0.15, -0.1) is 0 Å². The number of aryl methyl sites for hydroxylation is 1. The normalized spacial score (nSPS) is 10.8. The number of amides is 1. The first-order chi connectivity index (χ1) is 11.5. The number of benzene rings is 1. The van der Waals surface area contributed by atoms with Crippen molar-refractivity contribution in [3.63, 3.8) is 0 Å². The number of aromatic nitrogens is 2. The van der Waals surface area contributed by atoms with E-state index in [1.54, 1.807) is 7.11 Å². The van der Waals surface area contributed by atoms with Gasteiger partial charge in [-0.1, -0.05) is 19.1 Å². The highest BCUT2D eigenvalue weighted by Gasteiger charge is 2.13. The fourth-order valence-electron chi connectivity index (χ4n) is 2.49. The Morgan fingerprint density at radius 3 is 2.71 bits per heavy atom. The summed E-state index contributed by atoms with van der Waals surface area (Å²) in [5, 5.41) is 2.91. The van der Waals surface area contributed by atoms with Gasteiger partial charge >= 0.3 is 0 Å². The van der Waals surface area contributed by atoms with Gasteiger partial charge in [-0.25, -0.2) is 0 Å². The number of nitrogens with one attached hydrogen (secondary N) is 1. The van der Waals surface area contributed by atoms with Crippen molar-refractivity contribution in [1.82, 2.24) is 14.0 Å². The minimum atomic E-state index is -0.0737. The first kappa shape index (κ1) is 18.2. The SMILES string of the molecule is CCCN(CC(=O)Nc1ccccc1OC)Cn1ccn(C)c1=S. The van der Waals surface area contributed by atoms with E-state index < -0.39 is 0 Å². The van der Waals surface area contributed by atoms with Crippen LogP contribution in [-0.2, 0) is 18.5 Å². The molecule has 130 valence electrons. The van der Waals surface area contributed by atoms with E-state index in [9.17, 15) is 4.79 Å². The largest absolute Gasteiger partial charge is 0.495 e. The standard InChI is InChI=1S/C17H24N4O2S/c1-4-9-20(13-21-11-10-19(2)17(21)24)12-16(22)18-14-7-5-6-8-15(14)23-3/h5-8,10-11H,4,9,12-13H2,1-3H3,(H,18,22). The van der Waals surface area contributed by atoms with Crippen molar-refractivity contribution < 1.29 is 9.53 Å². The Balaban J connectivity index is 2.03. The van der Waals surface area contributed by atoms with Gasteiger partial charge in [-0.2, -0.15) is 0 Å². The molecule has 7 heteroatoms. The summed E-state index contributed by atoms with van der Waals surface area (Å²) < 4.78 is 9.84. The van der Waals surface area contributed by atoms with Gasteiger partial charge in [0.2, 0.25) is 5.91 Å². The Bertz CT molecular complexity index is 738. The van der Waals surface area contributed by atoms with Gasteiger partial charge in [0.1, 0.15) is 5.75 Å². The first-order valence-electron chi connectivity index (χ1n) is 7.92. The molecule has 0 aliphatic heterocycles. The Morgan fingerprint density at radius 2 is 2.08 bits per heavy atom. The van der Waals surface area contributed by atoms with E-state index in [2.05, 4.69) is 17.1 Å². The Kier molecular flexibility index (Phi) is 6.57. The lowest BCUT2D eigenvalue weighted by molar-refractivity contribution is -0.117. The van der Waals surface area contributed by atoms with Gasteiger partial charge in [0, 0.05) is 26.0 Å². The first-order valence-corrected chi connectivity index (χ1v) is 8.33. The van der Waals surface area contributed by atoms with E-state index >= 15 is 0 Å². The molecule has 6 nitrogen and oxygen atoms in total.